The van der Waals surface area contributed by atoms with E-state index < -0.39 is 11.5 Å². The van der Waals surface area contributed by atoms with Crippen LogP contribution in [0.25, 0.3) is 11.3 Å². The molecule has 0 aliphatic rings. The van der Waals surface area contributed by atoms with E-state index in [1.165, 1.54) is 4.90 Å². The van der Waals surface area contributed by atoms with Crippen molar-refractivity contribution in [2.24, 2.45) is 0 Å². The van der Waals surface area contributed by atoms with E-state index >= 15 is 0 Å². The second-order valence-electron chi connectivity index (χ2n) is 5.97. The summed E-state index contributed by atoms with van der Waals surface area (Å²) in [6.45, 7) is 3.50. The van der Waals surface area contributed by atoms with Crippen LogP contribution in [0, 0.1) is 13.8 Å². The molecule has 1 N–H and O–H groups in total. The number of aromatic amines is 1. The zero-order valence-corrected chi connectivity index (χ0v) is 15.3. The molecule has 0 saturated carbocycles. The summed E-state index contributed by atoms with van der Waals surface area (Å²) in [5.74, 6) is 0.0528. The number of rotatable bonds is 4. The molecule has 0 aliphatic heterocycles. The van der Waals surface area contributed by atoms with E-state index in [9.17, 15) is 9.59 Å². The number of nitrogens with one attached hydrogen (secondary N) is 1. The van der Waals surface area contributed by atoms with Gasteiger partial charge in [-0.1, -0.05) is 16.8 Å². The van der Waals surface area contributed by atoms with Gasteiger partial charge in [0.15, 0.2) is 5.76 Å². The van der Waals surface area contributed by atoms with Gasteiger partial charge in [-0.2, -0.15) is 0 Å². The SMILES string of the molecule is Cc1[nH]c(=O)c(C(=O)N(C)Cc2cc(-c3cccnc3)no2)c(C)c1Cl. The molecule has 8 heteroatoms. The van der Waals surface area contributed by atoms with Crippen molar-refractivity contribution in [3.05, 3.63) is 68.6 Å². The van der Waals surface area contributed by atoms with E-state index in [4.69, 9.17) is 16.1 Å². The molecule has 3 heterocycles. The van der Waals surface area contributed by atoms with Gasteiger partial charge in [-0.3, -0.25) is 14.6 Å². The summed E-state index contributed by atoms with van der Waals surface area (Å²) in [6, 6.07) is 5.40. The molecule has 0 aliphatic carbocycles. The monoisotopic (exact) mass is 372 g/mol. The van der Waals surface area contributed by atoms with Gasteiger partial charge >= 0.3 is 0 Å². The Bertz CT molecular complexity index is 1010. The summed E-state index contributed by atoms with van der Waals surface area (Å²) in [6.07, 6.45) is 3.34. The third-order valence-electron chi connectivity index (χ3n) is 4.03. The largest absolute Gasteiger partial charge is 0.359 e. The highest BCUT2D eigenvalue weighted by Gasteiger charge is 2.22. The normalized spacial score (nSPS) is 10.8. The van der Waals surface area contributed by atoms with Gasteiger partial charge in [0.05, 0.1) is 11.6 Å². The lowest BCUT2D eigenvalue weighted by atomic mass is 10.1. The average Bonchev–Trinajstić information content (AvgIpc) is 3.09. The summed E-state index contributed by atoms with van der Waals surface area (Å²) in [5, 5.41) is 4.37. The third kappa shape index (κ3) is 3.39. The zero-order valence-electron chi connectivity index (χ0n) is 14.5. The Hall–Kier alpha value is -2.93. The van der Waals surface area contributed by atoms with E-state index in [1.54, 1.807) is 45.4 Å². The predicted molar refractivity (Wildman–Crippen MR) is 97.1 cm³/mol. The number of amides is 1. The van der Waals surface area contributed by atoms with Gasteiger partial charge in [-0.25, -0.2) is 0 Å². The Labute approximate surface area is 154 Å². The number of halogens is 1. The van der Waals surface area contributed by atoms with Crippen LogP contribution in [-0.2, 0) is 6.54 Å². The highest BCUT2D eigenvalue weighted by Crippen LogP contribution is 2.21. The molecule has 3 aromatic rings. The van der Waals surface area contributed by atoms with Crippen molar-refractivity contribution in [3.8, 4) is 11.3 Å². The van der Waals surface area contributed by atoms with Gasteiger partial charge in [0.1, 0.15) is 11.3 Å². The minimum atomic E-state index is -0.463. The molecule has 0 bridgehead atoms. The zero-order chi connectivity index (χ0) is 18.8. The number of hydrogen-bond acceptors (Lipinski definition) is 5. The van der Waals surface area contributed by atoms with E-state index in [-0.39, 0.29) is 12.1 Å². The van der Waals surface area contributed by atoms with Crippen molar-refractivity contribution in [2.75, 3.05) is 7.05 Å². The van der Waals surface area contributed by atoms with Gasteiger partial charge in [-0.05, 0) is 31.5 Å². The maximum Gasteiger partial charge on any atom is 0.261 e. The lowest BCUT2D eigenvalue weighted by Crippen LogP contribution is -2.32. The number of pyridine rings is 2. The number of aromatic nitrogens is 3. The van der Waals surface area contributed by atoms with Crippen molar-refractivity contribution in [1.29, 1.82) is 0 Å². The molecule has 3 aromatic heterocycles. The smallest absolute Gasteiger partial charge is 0.261 e. The van der Waals surface area contributed by atoms with Gasteiger partial charge in [-0.15, -0.1) is 0 Å². The highest BCUT2D eigenvalue weighted by molar-refractivity contribution is 6.32. The number of carbonyl (C=O) groups excluding carboxylic acids is 1. The second-order valence-corrected chi connectivity index (χ2v) is 6.35. The lowest BCUT2D eigenvalue weighted by molar-refractivity contribution is 0.0769. The molecule has 7 nitrogen and oxygen atoms in total. The topological polar surface area (TPSA) is 92.1 Å². The molecule has 3 rings (SSSR count). The Morgan fingerprint density at radius 1 is 1.38 bits per heavy atom. The van der Waals surface area contributed by atoms with Crippen LogP contribution in [0.5, 0.6) is 0 Å². The number of hydrogen-bond donors (Lipinski definition) is 1. The summed E-state index contributed by atoms with van der Waals surface area (Å²) < 4.78 is 5.30. The minimum Gasteiger partial charge on any atom is -0.359 e. The van der Waals surface area contributed by atoms with Crippen LogP contribution in [0.3, 0.4) is 0 Å². The maximum atomic E-state index is 12.7. The maximum absolute atomic E-state index is 12.7. The van der Waals surface area contributed by atoms with Crippen LogP contribution < -0.4 is 5.56 Å². The first kappa shape index (κ1) is 17.9. The van der Waals surface area contributed by atoms with Crippen molar-refractivity contribution in [2.45, 2.75) is 20.4 Å². The fourth-order valence-electron chi connectivity index (χ4n) is 2.64. The van der Waals surface area contributed by atoms with Gasteiger partial charge in [0.25, 0.3) is 11.5 Å². The van der Waals surface area contributed by atoms with Crippen LogP contribution in [0.2, 0.25) is 5.02 Å². The Morgan fingerprint density at radius 3 is 2.85 bits per heavy atom. The van der Waals surface area contributed by atoms with Gasteiger partial charge < -0.3 is 14.4 Å². The van der Waals surface area contributed by atoms with Crippen LogP contribution in [0.4, 0.5) is 0 Å². The fraction of sp³-hybridized carbons (Fsp3) is 0.222. The molecule has 1 amide bonds. The Balaban J connectivity index is 1.82. The van der Waals surface area contributed by atoms with E-state index in [1.807, 2.05) is 6.07 Å². The van der Waals surface area contributed by atoms with Crippen molar-refractivity contribution < 1.29 is 9.32 Å². The van der Waals surface area contributed by atoms with Crippen LogP contribution in [0.1, 0.15) is 27.4 Å². The molecule has 134 valence electrons. The van der Waals surface area contributed by atoms with E-state index in [0.717, 1.165) is 5.56 Å². The molecule has 0 unspecified atom stereocenters. The summed E-state index contributed by atoms with van der Waals surface area (Å²) in [7, 11) is 1.58. The Morgan fingerprint density at radius 2 is 2.15 bits per heavy atom. The molecule has 0 fully saturated rings. The molecule has 0 spiro atoms. The fourth-order valence-corrected chi connectivity index (χ4v) is 2.78. The van der Waals surface area contributed by atoms with E-state index in [2.05, 4.69) is 15.1 Å². The van der Waals surface area contributed by atoms with Gasteiger partial charge in [0.2, 0.25) is 0 Å². The number of carbonyl (C=O) groups is 1. The molecule has 0 radical (unpaired) electrons. The predicted octanol–water partition coefficient (Wildman–Crippen LogP) is 2.97. The third-order valence-corrected chi connectivity index (χ3v) is 4.60. The van der Waals surface area contributed by atoms with Crippen molar-refractivity contribution >= 4 is 17.5 Å². The second kappa shape index (κ2) is 7.13. The molecular weight excluding hydrogens is 356 g/mol. The van der Waals surface area contributed by atoms with Crippen molar-refractivity contribution in [1.82, 2.24) is 20.0 Å². The van der Waals surface area contributed by atoms with Gasteiger partial charge in [0, 0.05) is 36.8 Å². The molecule has 0 aromatic carbocycles. The summed E-state index contributed by atoms with van der Waals surface area (Å²) >= 11 is 6.16. The summed E-state index contributed by atoms with van der Waals surface area (Å²) in [5.41, 5.74) is 1.99. The molecule has 0 atom stereocenters. The number of nitrogens with zero attached hydrogens (tertiary/aromatic N) is 3. The average molecular weight is 373 g/mol. The molecular formula is C18H17ClN4O3. The standard InChI is InChI=1S/C18H17ClN4O3/c1-10-15(17(24)21-11(2)16(10)19)18(25)23(3)9-13-7-14(22-26-13)12-5-4-6-20-8-12/h4-8H,9H2,1-3H3,(H,21,24). The first-order chi connectivity index (χ1) is 12.4. The lowest BCUT2D eigenvalue weighted by Gasteiger charge is -2.17. The molecule has 0 saturated heterocycles. The number of H-pyrrole nitrogens is 1. The first-order valence-electron chi connectivity index (χ1n) is 7.89. The van der Waals surface area contributed by atoms with E-state index in [0.29, 0.717) is 27.7 Å². The Kier molecular flexibility index (Phi) is 4.90. The number of aryl methyl sites for hydroxylation is 1. The van der Waals surface area contributed by atoms with Crippen LogP contribution in [0.15, 0.2) is 39.9 Å². The first-order valence-corrected chi connectivity index (χ1v) is 8.26. The minimum absolute atomic E-state index is 0.0232. The highest BCUT2D eigenvalue weighted by atomic mass is 35.5. The van der Waals surface area contributed by atoms with Crippen molar-refractivity contribution in [3.63, 3.8) is 0 Å². The quantitative estimate of drug-likeness (QED) is 0.760. The van der Waals surface area contributed by atoms with Crippen LogP contribution in [-0.4, -0.2) is 33.0 Å². The van der Waals surface area contributed by atoms with Crippen LogP contribution >= 0.6 is 11.6 Å². The summed E-state index contributed by atoms with van der Waals surface area (Å²) in [4.78, 5) is 32.9. The molecule has 26 heavy (non-hydrogen) atoms.